The Bertz CT molecular complexity index is 1350. The van der Waals surface area contributed by atoms with E-state index in [4.69, 9.17) is 11.6 Å². The van der Waals surface area contributed by atoms with Crippen LogP contribution in [-0.4, -0.2) is 46.2 Å². The highest BCUT2D eigenvalue weighted by Crippen LogP contribution is 2.37. The van der Waals surface area contributed by atoms with Crippen LogP contribution in [-0.2, 0) is 18.9 Å². The summed E-state index contributed by atoms with van der Waals surface area (Å²) < 4.78 is 17.0. The van der Waals surface area contributed by atoms with Crippen LogP contribution in [0.1, 0.15) is 21.6 Å². The van der Waals surface area contributed by atoms with Crippen LogP contribution in [0.5, 0.6) is 0 Å². The van der Waals surface area contributed by atoms with Crippen LogP contribution in [0, 0.1) is 5.82 Å². The minimum atomic E-state index is -0.672. The Morgan fingerprint density at radius 3 is 2.71 bits per heavy atom. The van der Waals surface area contributed by atoms with E-state index < -0.39 is 11.2 Å². The summed E-state index contributed by atoms with van der Waals surface area (Å²) in [6.07, 6.45) is 5.14. The molecule has 0 N–H and O–H groups in total. The Balaban J connectivity index is 1.55. The fourth-order valence-corrected chi connectivity index (χ4v) is 4.48. The largest absolute Gasteiger partial charge is 0.339 e. The van der Waals surface area contributed by atoms with Gasteiger partial charge < -0.3 is 4.90 Å². The fraction of sp³-hybridized carbons (Fsp3) is 0.143. The molecule has 0 fully saturated rings. The lowest BCUT2D eigenvalue weighted by atomic mass is 9.59. The second-order valence-electron chi connectivity index (χ2n) is 8.17. The molecule has 0 spiro atoms. The lowest BCUT2D eigenvalue weighted by Gasteiger charge is -2.32. The number of halogens is 2. The van der Waals surface area contributed by atoms with Crippen molar-refractivity contribution in [1.29, 1.82) is 0 Å². The molecule has 1 amide bonds. The second kappa shape index (κ2) is 6.92. The molecule has 1 aromatic carbocycles. The number of amides is 1. The molecule has 0 bridgehead atoms. The molecule has 5 rings (SSSR count). The van der Waals surface area contributed by atoms with Crippen LogP contribution in [0.2, 0.25) is 5.02 Å². The van der Waals surface area contributed by atoms with Crippen molar-refractivity contribution in [3.05, 3.63) is 76.6 Å². The monoisotopic (exact) mass is 431 g/mol. The molecule has 0 radical (unpaired) electrons. The van der Waals surface area contributed by atoms with Crippen LogP contribution < -0.4 is 0 Å². The summed E-state index contributed by atoms with van der Waals surface area (Å²) in [5, 5.41) is 4.70. The Morgan fingerprint density at radius 2 is 1.97 bits per heavy atom. The van der Waals surface area contributed by atoms with E-state index in [1.54, 1.807) is 40.2 Å². The molecule has 0 atom stereocenters. The molecule has 0 saturated carbocycles. The first kappa shape index (κ1) is 19.8. The summed E-state index contributed by atoms with van der Waals surface area (Å²) in [6.45, 7) is 0.0474. The van der Waals surface area contributed by atoms with E-state index in [0.717, 1.165) is 10.9 Å². The van der Waals surface area contributed by atoms with Crippen molar-refractivity contribution >= 4 is 44.2 Å². The van der Waals surface area contributed by atoms with E-state index in [0.29, 0.717) is 22.5 Å². The summed E-state index contributed by atoms with van der Waals surface area (Å²) in [4.78, 5) is 23.2. The zero-order chi connectivity index (χ0) is 21.9. The molecule has 4 heterocycles. The Hall–Kier alpha value is -3.19. The molecule has 0 unspecified atom stereocenters. The smallest absolute Gasteiger partial charge is 0.255 e. The van der Waals surface area contributed by atoms with Crippen LogP contribution in [0.15, 0.2) is 48.9 Å². The van der Waals surface area contributed by atoms with Gasteiger partial charge in [-0.2, -0.15) is 5.10 Å². The number of nitrogens with zero attached hydrogens (tertiary/aromatic N) is 5. The van der Waals surface area contributed by atoms with E-state index in [-0.39, 0.29) is 23.0 Å². The molecule has 152 valence electrons. The van der Waals surface area contributed by atoms with Gasteiger partial charge in [0.15, 0.2) is 5.65 Å². The van der Waals surface area contributed by atoms with Crippen LogP contribution >= 0.6 is 11.6 Å². The summed E-state index contributed by atoms with van der Waals surface area (Å²) in [5.74, 6) is -0.650. The lowest BCUT2D eigenvalue weighted by molar-refractivity contribution is 0.0729. The zero-order valence-corrected chi connectivity index (χ0v) is 18.0. The van der Waals surface area contributed by atoms with E-state index in [1.807, 2.05) is 35.0 Å². The molecular formula is C21H17B2ClFN5O. The van der Waals surface area contributed by atoms with Gasteiger partial charge in [0.2, 0.25) is 0 Å². The average molecular weight is 431 g/mol. The van der Waals surface area contributed by atoms with E-state index in [2.05, 4.69) is 15.1 Å². The first-order valence-corrected chi connectivity index (χ1v) is 10.2. The van der Waals surface area contributed by atoms with Crippen molar-refractivity contribution in [2.45, 2.75) is 11.9 Å². The first-order chi connectivity index (χ1) is 14.8. The topological polar surface area (TPSA) is 63.9 Å². The molecule has 1 aliphatic heterocycles. The second-order valence-corrected chi connectivity index (χ2v) is 8.57. The summed E-state index contributed by atoms with van der Waals surface area (Å²) in [5.41, 5.74) is 3.50. The number of carbonyl (C=O) groups excluding carboxylic acids is 1. The van der Waals surface area contributed by atoms with Gasteiger partial charge in [-0.1, -0.05) is 11.6 Å². The summed E-state index contributed by atoms with van der Waals surface area (Å²) in [6, 6.07) is 8.45. The standard InChI is InChI=1S/C21H17B2ClFN5O/c1-29-9-14-12(4-6-27-19(14)28-29)11-7-16(24)15(17(25)8-11)10-30-20(31)13-3-2-5-26-18(13)21(30,22)23/h2-9H,10,22-23H2,1H3. The molecule has 0 aliphatic carbocycles. The van der Waals surface area contributed by atoms with Crippen LogP contribution in [0.25, 0.3) is 22.2 Å². The molecule has 3 aromatic heterocycles. The highest BCUT2D eigenvalue weighted by molar-refractivity contribution is 6.42. The number of rotatable bonds is 3. The van der Waals surface area contributed by atoms with Gasteiger partial charge in [-0.3, -0.25) is 14.5 Å². The number of fused-ring (bicyclic) bond motifs is 2. The minimum absolute atomic E-state index is 0.0474. The van der Waals surface area contributed by atoms with E-state index >= 15 is 4.39 Å². The Kier molecular flexibility index (Phi) is 4.41. The minimum Gasteiger partial charge on any atom is -0.339 e. The van der Waals surface area contributed by atoms with Gasteiger partial charge in [0.25, 0.3) is 5.91 Å². The van der Waals surface area contributed by atoms with Crippen LogP contribution in [0.3, 0.4) is 0 Å². The number of carbonyl (C=O) groups is 1. The number of benzene rings is 1. The average Bonchev–Trinajstić information content (AvgIpc) is 3.20. The third kappa shape index (κ3) is 3.03. The number of aryl methyl sites for hydroxylation is 1. The summed E-state index contributed by atoms with van der Waals surface area (Å²) in [7, 11) is 5.61. The zero-order valence-electron chi connectivity index (χ0n) is 17.2. The van der Waals surface area contributed by atoms with Crippen molar-refractivity contribution in [2.75, 3.05) is 0 Å². The van der Waals surface area contributed by atoms with E-state index in [9.17, 15) is 4.79 Å². The third-order valence-electron chi connectivity index (χ3n) is 5.84. The number of hydrogen-bond donors (Lipinski definition) is 0. The van der Waals surface area contributed by atoms with Crippen molar-refractivity contribution in [3.63, 3.8) is 0 Å². The normalized spacial score (nSPS) is 14.9. The Labute approximate surface area is 184 Å². The maximum absolute atomic E-state index is 15.3. The molecule has 10 heteroatoms. The molecule has 4 aromatic rings. The third-order valence-corrected chi connectivity index (χ3v) is 6.18. The van der Waals surface area contributed by atoms with Crippen molar-refractivity contribution < 1.29 is 9.18 Å². The van der Waals surface area contributed by atoms with Gasteiger partial charge >= 0.3 is 0 Å². The van der Waals surface area contributed by atoms with Crippen molar-refractivity contribution in [2.24, 2.45) is 7.05 Å². The van der Waals surface area contributed by atoms with Gasteiger partial charge in [0.05, 0.1) is 11.3 Å². The number of aromatic nitrogens is 4. The predicted octanol–water partition coefficient (Wildman–Crippen LogP) is 1.86. The number of pyridine rings is 2. The lowest BCUT2D eigenvalue weighted by Crippen LogP contribution is -2.44. The van der Waals surface area contributed by atoms with Gasteiger partial charge in [0.1, 0.15) is 21.5 Å². The molecular weight excluding hydrogens is 414 g/mol. The van der Waals surface area contributed by atoms with Gasteiger partial charge in [-0.25, -0.2) is 9.37 Å². The summed E-state index contributed by atoms with van der Waals surface area (Å²) >= 11 is 6.54. The maximum Gasteiger partial charge on any atom is 0.255 e. The van der Waals surface area contributed by atoms with Crippen molar-refractivity contribution in [3.8, 4) is 11.1 Å². The van der Waals surface area contributed by atoms with Crippen molar-refractivity contribution in [1.82, 2.24) is 24.6 Å². The van der Waals surface area contributed by atoms with Gasteiger partial charge in [-0.05, 0) is 41.5 Å². The van der Waals surface area contributed by atoms with Crippen LogP contribution in [0.4, 0.5) is 4.39 Å². The number of hydrogen-bond acceptors (Lipinski definition) is 4. The molecule has 0 saturated heterocycles. The quantitative estimate of drug-likeness (QED) is 0.465. The fourth-order valence-electron chi connectivity index (χ4n) is 4.22. The molecule has 31 heavy (non-hydrogen) atoms. The highest BCUT2D eigenvalue weighted by atomic mass is 35.5. The highest BCUT2D eigenvalue weighted by Gasteiger charge is 2.44. The van der Waals surface area contributed by atoms with Gasteiger partial charge in [0, 0.05) is 53.5 Å². The maximum atomic E-state index is 15.3. The van der Waals surface area contributed by atoms with E-state index in [1.165, 1.54) is 6.07 Å². The predicted molar refractivity (Wildman–Crippen MR) is 122 cm³/mol. The van der Waals surface area contributed by atoms with Gasteiger partial charge in [-0.15, -0.1) is 0 Å². The molecule has 1 aliphatic rings. The Morgan fingerprint density at radius 1 is 1.16 bits per heavy atom. The SMILES string of the molecule is BC1(B)c2ncccc2C(=O)N1Cc1c(F)cc(-c2ccnc3nn(C)cc23)cc1Cl. The molecule has 6 nitrogen and oxygen atoms in total. The first-order valence-electron chi connectivity index (χ1n) is 9.81.